The molecule has 112 valence electrons. The first-order valence-corrected chi connectivity index (χ1v) is 7.44. The highest BCUT2D eigenvalue weighted by atomic mass is 19.3. The third kappa shape index (κ3) is 3.36. The second kappa shape index (κ2) is 7.14. The minimum Gasteiger partial charge on any atom is -0.319 e. The lowest BCUT2D eigenvalue weighted by Gasteiger charge is -2.28. The molecule has 4 heteroatoms. The van der Waals surface area contributed by atoms with Crippen LogP contribution in [-0.4, -0.2) is 31.6 Å². The molecule has 1 aromatic rings. The Balaban J connectivity index is 2.19. The van der Waals surface area contributed by atoms with Gasteiger partial charge in [-0.1, -0.05) is 31.2 Å². The SMILES string of the molecule is CCCN1CCC(CNC)C1c1ccc(C(F)F)cc1. The van der Waals surface area contributed by atoms with Gasteiger partial charge in [-0.2, -0.15) is 0 Å². The van der Waals surface area contributed by atoms with Crippen molar-refractivity contribution in [3.05, 3.63) is 35.4 Å². The second-order valence-corrected chi connectivity index (χ2v) is 5.55. The average Bonchev–Trinajstić information content (AvgIpc) is 2.83. The minimum absolute atomic E-state index is 0.110. The van der Waals surface area contributed by atoms with Crippen LogP contribution in [0.4, 0.5) is 8.78 Å². The van der Waals surface area contributed by atoms with E-state index >= 15 is 0 Å². The Labute approximate surface area is 120 Å². The summed E-state index contributed by atoms with van der Waals surface area (Å²) in [6, 6.07) is 7.25. The molecule has 1 aromatic carbocycles. The molecular formula is C16H24F2N2. The summed E-state index contributed by atoms with van der Waals surface area (Å²) in [7, 11) is 1.97. The van der Waals surface area contributed by atoms with Crippen LogP contribution in [0.25, 0.3) is 0 Å². The second-order valence-electron chi connectivity index (χ2n) is 5.55. The molecule has 20 heavy (non-hydrogen) atoms. The zero-order valence-electron chi connectivity index (χ0n) is 12.3. The first kappa shape index (κ1) is 15.4. The molecule has 1 aliphatic rings. The van der Waals surface area contributed by atoms with Crippen molar-refractivity contribution in [1.29, 1.82) is 0 Å². The summed E-state index contributed by atoms with van der Waals surface area (Å²) < 4.78 is 25.3. The number of nitrogens with zero attached hydrogens (tertiary/aromatic N) is 1. The molecule has 0 amide bonds. The van der Waals surface area contributed by atoms with E-state index in [2.05, 4.69) is 17.1 Å². The first-order valence-electron chi connectivity index (χ1n) is 7.44. The van der Waals surface area contributed by atoms with Crippen molar-refractivity contribution >= 4 is 0 Å². The van der Waals surface area contributed by atoms with Crippen molar-refractivity contribution in [1.82, 2.24) is 10.2 Å². The molecule has 0 aliphatic carbocycles. The predicted molar refractivity (Wildman–Crippen MR) is 78.0 cm³/mol. The van der Waals surface area contributed by atoms with E-state index in [9.17, 15) is 8.78 Å². The smallest absolute Gasteiger partial charge is 0.263 e. The number of hydrogen-bond donors (Lipinski definition) is 1. The van der Waals surface area contributed by atoms with E-state index in [1.165, 1.54) is 12.0 Å². The molecule has 0 radical (unpaired) electrons. The molecule has 1 heterocycles. The van der Waals surface area contributed by atoms with Gasteiger partial charge in [-0.3, -0.25) is 4.90 Å². The molecule has 1 N–H and O–H groups in total. The third-order valence-corrected chi connectivity index (χ3v) is 4.13. The fourth-order valence-corrected chi connectivity index (χ4v) is 3.26. The molecular weight excluding hydrogens is 258 g/mol. The maximum atomic E-state index is 12.7. The van der Waals surface area contributed by atoms with Crippen LogP contribution in [-0.2, 0) is 0 Å². The number of likely N-dealkylation sites (tertiary alicyclic amines) is 1. The summed E-state index contributed by atoms with van der Waals surface area (Å²) in [6.45, 7) is 5.33. The summed E-state index contributed by atoms with van der Waals surface area (Å²) in [5, 5.41) is 3.25. The highest BCUT2D eigenvalue weighted by molar-refractivity contribution is 5.27. The van der Waals surface area contributed by atoms with Crippen molar-refractivity contribution in [3.8, 4) is 0 Å². The Bertz CT molecular complexity index is 391. The van der Waals surface area contributed by atoms with Crippen molar-refractivity contribution in [3.63, 3.8) is 0 Å². The van der Waals surface area contributed by atoms with Gasteiger partial charge >= 0.3 is 0 Å². The Morgan fingerprint density at radius 1 is 1.30 bits per heavy atom. The molecule has 1 aliphatic heterocycles. The van der Waals surface area contributed by atoms with Crippen LogP contribution in [0.2, 0.25) is 0 Å². The van der Waals surface area contributed by atoms with Gasteiger partial charge in [0.2, 0.25) is 0 Å². The first-order chi connectivity index (χ1) is 9.67. The van der Waals surface area contributed by atoms with Gasteiger partial charge in [-0.05, 0) is 51.0 Å². The zero-order chi connectivity index (χ0) is 14.5. The Hall–Kier alpha value is -1.00. The van der Waals surface area contributed by atoms with E-state index in [-0.39, 0.29) is 5.56 Å². The van der Waals surface area contributed by atoms with Crippen LogP contribution in [0.1, 0.15) is 43.4 Å². The van der Waals surface area contributed by atoms with Gasteiger partial charge in [0, 0.05) is 11.6 Å². The standard InChI is InChI=1S/C16H24F2N2/c1-3-9-20-10-8-14(11-19-2)15(20)12-4-6-13(7-5-12)16(17)18/h4-7,14-16,19H,3,8-11H2,1-2H3. The third-order valence-electron chi connectivity index (χ3n) is 4.13. The molecule has 1 saturated heterocycles. The molecule has 0 spiro atoms. The van der Waals surface area contributed by atoms with E-state index in [0.29, 0.717) is 12.0 Å². The summed E-state index contributed by atoms with van der Waals surface area (Å²) >= 11 is 0. The van der Waals surface area contributed by atoms with E-state index < -0.39 is 6.43 Å². The number of rotatable bonds is 6. The molecule has 0 saturated carbocycles. The van der Waals surface area contributed by atoms with Crippen LogP contribution >= 0.6 is 0 Å². The van der Waals surface area contributed by atoms with E-state index in [1.807, 2.05) is 19.2 Å². The van der Waals surface area contributed by atoms with Gasteiger partial charge in [-0.15, -0.1) is 0 Å². The topological polar surface area (TPSA) is 15.3 Å². The highest BCUT2D eigenvalue weighted by Gasteiger charge is 2.34. The lowest BCUT2D eigenvalue weighted by Crippen LogP contribution is -2.29. The largest absolute Gasteiger partial charge is 0.319 e. The summed E-state index contributed by atoms with van der Waals surface area (Å²) in [5.41, 5.74) is 1.28. The Kier molecular flexibility index (Phi) is 5.49. The normalized spacial score (nSPS) is 23.6. The van der Waals surface area contributed by atoms with Crippen LogP contribution in [0, 0.1) is 5.92 Å². The predicted octanol–water partition coefficient (Wildman–Crippen LogP) is 3.62. The van der Waals surface area contributed by atoms with Crippen molar-refractivity contribution in [2.45, 2.75) is 32.2 Å². The molecule has 2 nitrogen and oxygen atoms in total. The zero-order valence-corrected chi connectivity index (χ0v) is 12.3. The minimum atomic E-state index is -2.38. The lowest BCUT2D eigenvalue weighted by atomic mass is 9.93. The van der Waals surface area contributed by atoms with Crippen molar-refractivity contribution < 1.29 is 8.78 Å². The number of hydrogen-bond acceptors (Lipinski definition) is 2. The van der Waals surface area contributed by atoms with Gasteiger partial charge in [0.25, 0.3) is 6.43 Å². The van der Waals surface area contributed by atoms with Crippen molar-refractivity contribution in [2.24, 2.45) is 5.92 Å². The Morgan fingerprint density at radius 3 is 2.55 bits per heavy atom. The summed E-state index contributed by atoms with van der Waals surface area (Å²) in [5.74, 6) is 0.559. The van der Waals surface area contributed by atoms with E-state index in [1.54, 1.807) is 12.1 Å². The molecule has 0 bridgehead atoms. The van der Waals surface area contributed by atoms with Gasteiger partial charge in [0.1, 0.15) is 0 Å². The summed E-state index contributed by atoms with van der Waals surface area (Å²) in [6.07, 6.45) is -0.0903. The molecule has 2 atom stereocenters. The number of nitrogens with one attached hydrogen (secondary N) is 1. The number of halogens is 2. The van der Waals surface area contributed by atoms with Crippen LogP contribution < -0.4 is 5.32 Å². The quantitative estimate of drug-likeness (QED) is 0.857. The maximum Gasteiger partial charge on any atom is 0.263 e. The fraction of sp³-hybridized carbons (Fsp3) is 0.625. The molecule has 2 unspecified atom stereocenters. The van der Waals surface area contributed by atoms with Crippen LogP contribution in [0.15, 0.2) is 24.3 Å². The van der Waals surface area contributed by atoms with Crippen LogP contribution in [0.3, 0.4) is 0 Å². The van der Waals surface area contributed by atoms with E-state index in [4.69, 9.17) is 0 Å². The summed E-state index contributed by atoms with van der Waals surface area (Å²) in [4.78, 5) is 2.49. The highest BCUT2D eigenvalue weighted by Crippen LogP contribution is 2.37. The maximum absolute atomic E-state index is 12.7. The van der Waals surface area contributed by atoms with Gasteiger partial charge < -0.3 is 5.32 Å². The van der Waals surface area contributed by atoms with Crippen molar-refractivity contribution in [2.75, 3.05) is 26.7 Å². The van der Waals surface area contributed by atoms with Gasteiger partial charge in [-0.25, -0.2) is 8.78 Å². The molecule has 1 fully saturated rings. The Morgan fingerprint density at radius 2 is 2.00 bits per heavy atom. The fourth-order valence-electron chi connectivity index (χ4n) is 3.26. The van der Waals surface area contributed by atoms with Gasteiger partial charge in [0.05, 0.1) is 0 Å². The molecule has 0 aromatic heterocycles. The van der Waals surface area contributed by atoms with Crippen LogP contribution in [0.5, 0.6) is 0 Å². The van der Waals surface area contributed by atoms with E-state index in [0.717, 1.165) is 26.1 Å². The number of alkyl halides is 2. The average molecular weight is 282 g/mol. The van der Waals surface area contributed by atoms with Gasteiger partial charge in [0.15, 0.2) is 0 Å². The molecule has 2 rings (SSSR count). The number of benzene rings is 1. The lowest BCUT2D eigenvalue weighted by molar-refractivity contribution is 0.151. The monoisotopic (exact) mass is 282 g/mol.